The van der Waals surface area contributed by atoms with E-state index < -0.39 is 0 Å². The molecule has 0 aromatic heterocycles. The van der Waals surface area contributed by atoms with Crippen molar-refractivity contribution in [3.63, 3.8) is 0 Å². The lowest BCUT2D eigenvalue weighted by atomic mass is 9.80. The second kappa shape index (κ2) is 11.8. The Balaban J connectivity index is 1.22. The average molecular weight is 779 g/mol. The Bertz CT molecular complexity index is 4320. The zero-order valence-electron chi connectivity index (χ0n) is 33.6. The van der Waals surface area contributed by atoms with E-state index in [9.17, 15) is 0 Å². The van der Waals surface area contributed by atoms with Crippen LogP contribution in [0.1, 0.15) is 0 Å². The molecule has 14 aromatic carbocycles. The van der Waals surface area contributed by atoms with Gasteiger partial charge >= 0.3 is 0 Å². The average Bonchev–Trinajstić information content (AvgIpc) is 3.65. The molecule has 0 bridgehead atoms. The zero-order chi connectivity index (χ0) is 40.2. The summed E-state index contributed by atoms with van der Waals surface area (Å²) in [6.45, 7) is 0. The molecule has 15 rings (SSSR count). The maximum atomic E-state index is 2.57. The predicted octanol–water partition coefficient (Wildman–Crippen LogP) is 17.6. The largest absolute Gasteiger partial charge is 0.0616 e. The normalized spacial score (nSPS) is 12.5. The van der Waals surface area contributed by atoms with E-state index in [4.69, 9.17) is 0 Å². The second-order valence-corrected chi connectivity index (χ2v) is 17.5. The molecule has 0 amide bonds. The fourth-order valence-electron chi connectivity index (χ4n) is 11.7. The fraction of sp³-hybridized carbons (Fsp3) is 0. The summed E-state index contributed by atoms with van der Waals surface area (Å²) in [5.41, 5.74) is 10.4. The molecule has 0 unspecified atom stereocenters. The first-order valence-corrected chi connectivity index (χ1v) is 21.7. The maximum absolute atomic E-state index is 2.57. The van der Waals surface area contributed by atoms with Crippen LogP contribution < -0.4 is 0 Å². The molecule has 14 aromatic rings. The summed E-state index contributed by atoms with van der Waals surface area (Å²) in [6, 6.07) is 78.5. The molecule has 0 heteroatoms. The Hall–Kier alpha value is -8.06. The van der Waals surface area contributed by atoms with Gasteiger partial charge < -0.3 is 0 Å². The second-order valence-electron chi connectivity index (χ2n) is 17.5. The van der Waals surface area contributed by atoms with Crippen LogP contribution in [0, 0.1) is 0 Å². The zero-order valence-corrected chi connectivity index (χ0v) is 33.6. The summed E-state index contributed by atoms with van der Waals surface area (Å²) in [7, 11) is 0. The summed E-state index contributed by atoms with van der Waals surface area (Å²) >= 11 is 0. The summed E-state index contributed by atoms with van der Waals surface area (Å²) in [5.74, 6) is 0. The van der Waals surface area contributed by atoms with Crippen LogP contribution >= 0.6 is 0 Å². The van der Waals surface area contributed by atoms with Crippen molar-refractivity contribution in [3.8, 4) is 44.5 Å². The molecular formula is C62H34. The molecule has 1 aliphatic rings. The van der Waals surface area contributed by atoms with Crippen molar-refractivity contribution in [2.24, 2.45) is 0 Å². The van der Waals surface area contributed by atoms with E-state index in [-0.39, 0.29) is 0 Å². The van der Waals surface area contributed by atoms with Crippen molar-refractivity contribution in [2.75, 3.05) is 0 Å². The quantitative estimate of drug-likeness (QED) is 0.121. The van der Waals surface area contributed by atoms with Crippen LogP contribution in [0.2, 0.25) is 0 Å². The molecule has 0 N–H and O–H groups in total. The minimum absolute atomic E-state index is 1.24. The van der Waals surface area contributed by atoms with Gasteiger partial charge in [0.2, 0.25) is 0 Å². The third-order valence-electron chi connectivity index (χ3n) is 14.4. The third kappa shape index (κ3) is 4.26. The van der Waals surface area contributed by atoms with Gasteiger partial charge in [-0.1, -0.05) is 164 Å². The molecule has 0 spiro atoms. The SMILES string of the molecule is c1ccc2cc(-c3c4c(c(-c5ccc6ccccc6c5)c5cc6c7cc8ccccc8cc7c7ccccc7c6cc35)-c3cc5cccc6ccc7ccc-4c3c7c65)ccc2c1. The summed E-state index contributed by atoms with van der Waals surface area (Å²) in [5, 5.41) is 25.8. The van der Waals surface area contributed by atoms with E-state index in [1.54, 1.807) is 0 Å². The van der Waals surface area contributed by atoms with Crippen LogP contribution in [0.25, 0.3) is 152 Å². The fourth-order valence-corrected chi connectivity index (χ4v) is 11.7. The lowest BCUT2D eigenvalue weighted by Crippen LogP contribution is -1.95. The summed E-state index contributed by atoms with van der Waals surface area (Å²) in [4.78, 5) is 0. The maximum Gasteiger partial charge on any atom is -0.000718 e. The molecule has 0 aliphatic heterocycles. The third-order valence-corrected chi connectivity index (χ3v) is 14.4. The van der Waals surface area contributed by atoms with E-state index in [1.165, 1.54) is 152 Å². The Labute approximate surface area is 356 Å². The van der Waals surface area contributed by atoms with Crippen molar-refractivity contribution in [1.29, 1.82) is 0 Å². The van der Waals surface area contributed by atoms with Gasteiger partial charge in [-0.05, 0) is 195 Å². The van der Waals surface area contributed by atoms with Crippen molar-refractivity contribution in [1.82, 2.24) is 0 Å². The first kappa shape index (κ1) is 32.8. The van der Waals surface area contributed by atoms with Crippen LogP contribution in [0.5, 0.6) is 0 Å². The first-order chi connectivity index (χ1) is 30.7. The van der Waals surface area contributed by atoms with Crippen LogP contribution in [-0.4, -0.2) is 0 Å². The lowest BCUT2D eigenvalue weighted by molar-refractivity contribution is 1.66. The molecule has 62 heavy (non-hydrogen) atoms. The van der Waals surface area contributed by atoms with Crippen LogP contribution in [-0.2, 0) is 0 Å². The van der Waals surface area contributed by atoms with E-state index in [1.807, 2.05) is 0 Å². The van der Waals surface area contributed by atoms with Crippen molar-refractivity contribution in [3.05, 3.63) is 206 Å². The van der Waals surface area contributed by atoms with Crippen LogP contribution in [0.3, 0.4) is 0 Å². The van der Waals surface area contributed by atoms with E-state index in [0.29, 0.717) is 0 Å². The topological polar surface area (TPSA) is 0 Å². The van der Waals surface area contributed by atoms with Gasteiger partial charge in [-0.2, -0.15) is 0 Å². The Morgan fingerprint density at radius 2 is 0.597 bits per heavy atom. The predicted molar refractivity (Wildman–Crippen MR) is 268 cm³/mol. The molecule has 0 saturated heterocycles. The Morgan fingerprint density at radius 3 is 1.21 bits per heavy atom. The Kier molecular flexibility index (Phi) is 6.24. The highest BCUT2D eigenvalue weighted by Crippen LogP contribution is 2.60. The van der Waals surface area contributed by atoms with Gasteiger partial charge in [0.25, 0.3) is 0 Å². The highest BCUT2D eigenvalue weighted by atomic mass is 14.3. The van der Waals surface area contributed by atoms with Crippen molar-refractivity contribution >= 4 is 108 Å². The summed E-state index contributed by atoms with van der Waals surface area (Å²) < 4.78 is 0. The summed E-state index contributed by atoms with van der Waals surface area (Å²) in [6.07, 6.45) is 0. The first-order valence-electron chi connectivity index (χ1n) is 21.7. The van der Waals surface area contributed by atoms with Gasteiger partial charge in [0.1, 0.15) is 0 Å². The highest BCUT2D eigenvalue weighted by Gasteiger charge is 2.33. The number of rotatable bonds is 2. The monoisotopic (exact) mass is 778 g/mol. The molecule has 0 radical (unpaired) electrons. The van der Waals surface area contributed by atoms with Gasteiger partial charge in [0.05, 0.1) is 0 Å². The molecule has 0 saturated carbocycles. The van der Waals surface area contributed by atoms with Gasteiger partial charge in [0.15, 0.2) is 0 Å². The molecule has 0 nitrogen and oxygen atoms in total. The van der Waals surface area contributed by atoms with Gasteiger partial charge in [-0.3, -0.25) is 0 Å². The number of hydrogen-bond acceptors (Lipinski definition) is 0. The number of hydrogen-bond donors (Lipinski definition) is 0. The van der Waals surface area contributed by atoms with E-state index in [2.05, 4.69) is 206 Å². The number of fused-ring (bicyclic) bond motifs is 13. The molecular weight excluding hydrogens is 745 g/mol. The minimum atomic E-state index is 1.24. The van der Waals surface area contributed by atoms with Crippen molar-refractivity contribution < 1.29 is 0 Å². The lowest BCUT2D eigenvalue weighted by Gasteiger charge is -2.22. The smallest absolute Gasteiger partial charge is 0.000718 e. The van der Waals surface area contributed by atoms with Gasteiger partial charge in [-0.25, -0.2) is 0 Å². The van der Waals surface area contributed by atoms with Gasteiger partial charge in [-0.15, -0.1) is 0 Å². The highest BCUT2D eigenvalue weighted by molar-refractivity contribution is 6.37. The number of benzene rings is 14. The standard InChI is InChI=1S/C62H34/c1-3-12-39-28-44(24-20-35(39)10-1)57-53-33-51-47-19-8-7-18-46(47)49-30-41-14-5-6-15-42(41)31-50(49)52(51)34-54(53)58(45-25-21-36-11-2-4-13-40(36)29-45)62-55-32-43-17-9-16-37-22-23-38-26-27-48(61(57)62)60(55)59(38)56(37)43/h1-34H. The molecule has 0 atom stereocenters. The van der Waals surface area contributed by atoms with Crippen molar-refractivity contribution in [2.45, 2.75) is 0 Å². The molecule has 282 valence electrons. The molecule has 1 aliphatic carbocycles. The van der Waals surface area contributed by atoms with Crippen LogP contribution in [0.4, 0.5) is 0 Å². The molecule has 0 fully saturated rings. The van der Waals surface area contributed by atoms with Gasteiger partial charge in [0, 0.05) is 0 Å². The van der Waals surface area contributed by atoms with E-state index >= 15 is 0 Å². The molecule has 0 heterocycles. The van der Waals surface area contributed by atoms with E-state index in [0.717, 1.165) is 0 Å². The minimum Gasteiger partial charge on any atom is -0.0616 e. The Morgan fingerprint density at radius 1 is 0.177 bits per heavy atom. The van der Waals surface area contributed by atoms with Crippen LogP contribution in [0.15, 0.2) is 206 Å².